The molecule has 4 heteroatoms. The minimum Gasteiger partial charge on any atom is -0.332 e. The Balaban J connectivity index is 2.08. The van der Waals surface area contributed by atoms with E-state index in [9.17, 15) is 0 Å². The maximum absolute atomic E-state index is 4.99. The van der Waals surface area contributed by atoms with Crippen molar-refractivity contribution in [2.75, 3.05) is 0 Å². The molecule has 0 unspecified atom stereocenters. The van der Waals surface area contributed by atoms with E-state index in [2.05, 4.69) is 4.72 Å². The fourth-order valence-electron chi connectivity index (χ4n) is 1.37. The van der Waals surface area contributed by atoms with Crippen molar-refractivity contribution in [2.45, 2.75) is 5.79 Å². The van der Waals surface area contributed by atoms with Gasteiger partial charge in [-0.25, -0.2) is 0 Å². The zero-order valence-electron chi connectivity index (χ0n) is 6.69. The van der Waals surface area contributed by atoms with Crippen LogP contribution in [0.3, 0.4) is 0 Å². The van der Waals surface area contributed by atoms with Gasteiger partial charge in [0, 0.05) is 16.7 Å². The fraction of sp³-hybridized carbons (Fsp3) is 0.111. The molecule has 1 spiro atoms. The molecular formula is C9H7NO2S. The first-order chi connectivity index (χ1) is 6.41. The van der Waals surface area contributed by atoms with Gasteiger partial charge in [0.15, 0.2) is 0 Å². The van der Waals surface area contributed by atoms with Crippen LogP contribution in [0.5, 0.6) is 0 Å². The lowest BCUT2D eigenvalue weighted by atomic mass is 10.0. The lowest BCUT2D eigenvalue weighted by Crippen LogP contribution is -2.14. The first kappa shape index (κ1) is 7.44. The molecule has 0 bridgehead atoms. The van der Waals surface area contributed by atoms with Crippen molar-refractivity contribution >= 4 is 11.9 Å². The summed E-state index contributed by atoms with van der Waals surface area (Å²) in [6, 6.07) is 0. The van der Waals surface area contributed by atoms with Gasteiger partial charge in [-0.3, -0.25) is 0 Å². The number of rotatable bonds is 0. The summed E-state index contributed by atoms with van der Waals surface area (Å²) in [5, 5.41) is 0. The Labute approximate surface area is 79.8 Å². The summed E-state index contributed by atoms with van der Waals surface area (Å²) in [4.78, 5) is 11.1. The van der Waals surface area contributed by atoms with E-state index in [1.54, 1.807) is 11.9 Å². The van der Waals surface area contributed by atoms with E-state index in [0.717, 1.165) is 10.5 Å². The molecule has 2 heterocycles. The summed E-state index contributed by atoms with van der Waals surface area (Å²) in [5.41, 5.74) is 1.06. The second-order valence-corrected chi connectivity index (χ2v) is 3.76. The first-order valence-electron chi connectivity index (χ1n) is 3.97. The van der Waals surface area contributed by atoms with Crippen molar-refractivity contribution in [1.82, 2.24) is 4.72 Å². The van der Waals surface area contributed by atoms with E-state index in [0.29, 0.717) is 0 Å². The summed E-state index contributed by atoms with van der Waals surface area (Å²) in [6.07, 6.45) is 11.7. The van der Waals surface area contributed by atoms with E-state index >= 15 is 0 Å². The highest BCUT2D eigenvalue weighted by molar-refractivity contribution is 8.01. The highest BCUT2D eigenvalue weighted by Gasteiger charge is 2.52. The van der Waals surface area contributed by atoms with E-state index in [1.807, 2.05) is 36.6 Å². The Kier molecular flexibility index (Phi) is 1.44. The maximum atomic E-state index is 4.99. The molecule has 2 aliphatic heterocycles. The molecule has 0 saturated carbocycles. The number of nitrogens with one attached hydrogen (secondary N) is 1. The van der Waals surface area contributed by atoms with Crippen LogP contribution in [0.1, 0.15) is 0 Å². The van der Waals surface area contributed by atoms with Crippen LogP contribution < -0.4 is 4.72 Å². The van der Waals surface area contributed by atoms with Crippen molar-refractivity contribution in [3.05, 3.63) is 47.1 Å². The van der Waals surface area contributed by atoms with Gasteiger partial charge in [0.2, 0.25) is 0 Å². The van der Waals surface area contributed by atoms with Crippen LogP contribution in [0.15, 0.2) is 47.1 Å². The monoisotopic (exact) mass is 193 g/mol. The molecule has 1 fully saturated rings. The molecule has 0 atom stereocenters. The van der Waals surface area contributed by atoms with Crippen molar-refractivity contribution in [3.63, 3.8) is 0 Å². The van der Waals surface area contributed by atoms with Gasteiger partial charge >= 0.3 is 0 Å². The van der Waals surface area contributed by atoms with E-state index in [-0.39, 0.29) is 0 Å². The molecule has 0 radical (unpaired) electrons. The van der Waals surface area contributed by atoms with Gasteiger partial charge in [0.1, 0.15) is 0 Å². The van der Waals surface area contributed by atoms with Crippen molar-refractivity contribution in [1.29, 1.82) is 0 Å². The molecule has 1 N–H and O–H groups in total. The minimum atomic E-state index is -0.590. The molecule has 1 aliphatic carbocycles. The van der Waals surface area contributed by atoms with Crippen LogP contribution in [0, 0.1) is 0 Å². The van der Waals surface area contributed by atoms with Gasteiger partial charge in [0.05, 0.1) is 0 Å². The molecule has 1 saturated heterocycles. The van der Waals surface area contributed by atoms with Crippen LogP contribution >= 0.6 is 11.9 Å². The SMILES string of the molecule is C1=CNSC2=CC=CC3(OO3)C2=C1. The van der Waals surface area contributed by atoms with Crippen molar-refractivity contribution in [3.8, 4) is 0 Å². The van der Waals surface area contributed by atoms with E-state index in [1.165, 1.54) is 0 Å². The van der Waals surface area contributed by atoms with Gasteiger partial charge in [-0.2, -0.15) is 9.78 Å². The molecule has 0 aromatic heterocycles. The predicted molar refractivity (Wildman–Crippen MR) is 50.1 cm³/mol. The summed E-state index contributed by atoms with van der Waals surface area (Å²) < 4.78 is 3.08. The average Bonchev–Trinajstić information content (AvgIpc) is 2.90. The van der Waals surface area contributed by atoms with Crippen LogP contribution in [-0.2, 0) is 9.78 Å². The van der Waals surface area contributed by atoms with Crippen molar-refractivity contribution in [2.24, 2.45) is 0 Å². The topological polar surface area (TPSA) is 37.1 Å². The van der Waals surface area contributed by atoms with Crippen LogP contribution in [-0.4, -0.2) is 5.79 Å². The number of fused-ring (bicyclic) bond motifs is 2. The smallest absolute Gasteiger partial charge is 0.279 e. The zero-order valence-corrected chi connectivity index (χ0v) is 7.51. The second-order valence-electron chi connectivity index (χ2n) is 2.88. The third-order valence-electron chi connectivity index (χ3n) is 2.06. The third-order valence-corrected chi connectivity index (χ3v) is 2.89. The van der Waals surface area contributed by atoms with Gasteiger partial charge in [0.25, 0.3) is 5.79 Å². The number of hydrogen-bond acceptors (Lipinski definition) is 4. The summed E-state index contributed by atoms with van der Waals surface area (Å²) >= 11 is 1.56. The van der Waals surface area contributed by atoms with E-state index in [4.69, 9.17) is 9.78 Å². The number of allylic oxidation sites excluding steroid dienone is 4. The Morgan fingerprint density at radius 3 is 3.00 bits per heavy atom. The Morgan fingerprint density at radius 1 is 1.23 bits per heavy atom. The molecule has 13 heavy (non-hydrogen) atoms. The lowest BCUT2D eigenvalue weighted by molar-refractivity contribution is 0.0850. The molecule has 0 amide bonds. The largest absolute Gasteiger partial charge is 0.332 e. The molecule has 0 aromatic rings. The normalized spacial score (nSPS) is 27.1. The molecule has 3 nitrogen and oxygen atoms in total. The summed E-state index contributed by atoms with van der Waals surface area (Å²) in [7, 11) is 0. The first-order valence-corrected chi connectivity index (χ1v) is 4.79. The standard InChI is InChI=1S/C9H7NO2S/c1-4-8-7(3-2-6-10-13-8)9(5-1)11-12-9/h1-6,10H. The second kappa shape index (κ2) is 2.51. The highest BCUT2D eigenvalue weighted by Crippen LogP contribution is 2.47. The highest BCUT2D eigenvalue weighted by atomic mass is 32.2. The Hall–Kier alpha value is -0.970. The third kappa shape index (κ3) is 1.07. The van der Waals surface area contributed by atoms with Gasteiger partial charge in [-0.05, 0) is 30.2 Å². The molecule has 66 valence electrons. The quantitative estimate of drug-likeness (QED) is 0.361. The van der Waals surface area contributed by atoms with Crippen molar-refractivity contribution < 1.29 is 9.78 Å². The van der Waals surface area contributed by atoms with Gasteiger partial charge < -0.3 is 4.72 Å². The minimum absolute atomic E-state index is 0.590. The lowest BCUT2D eigenvalue weighted by Gasteiger charge is -2.13. The molecule has 3 rings (SSSR count). The number of hydrogen-bond donors (Lipinski definition) is 1. The fourth-order valence-corrected chi connectivity index (χ4v) is 2.11. The van der Waals surface area contributed by atoms with Crippen LogP contribution in [0.2, 0.25) is 0 Å². The Bertz CT molecular complexity index is 364. The predicted octanol–water partition coefficient (Wildman–Crippen LogP) is 1.79. The van der Waals surface area contributed by atoms with E-state index < -0.39 is 5.79 Å². The molecule has 0 aromatic carbocycles. The van der Waals surface area contributed by atoms with Crippen LogP contribution in [0.25, 0.3) is 0 Å². The molecular weight excluding hydrogens is 186 g/mol. The molecule has 3 aliphatic rings. The van der Waals surface area contributed by atoms with Crippen LogP contribution in [0.4, 0.5) is 0 Å². The maximum Gasteiger partial charge on any atom is 0.279 e. The summed E-state index contributed by atoms with van der Waals surface area (Å²) in [6.45, 7) is 0. The average molecular weight is 193 g/mol. The van der Waals surface area contributed by atoms with Gasteiger partial charge in [-0.15, -0.1) is 0 Å². The Morgan fingerprint density at radius 2 is 2.15 bits per heavy atom. The zero-order chi connectivity index (χ0) is 8.73. The summed E-state index contributed by atoms with van der Waals surface area (Å²) in [5.74, 6) is -0.590. The van der Waals surface area contributed by atoms with Gasteiger partial charge in [-0.1, -0.05) is 12.2 Å².